The fourth-order valence-corrected chi connectivity index (χ4v) is 4.92. The van der Waals surface area contributed by atoms with Crippen LogP contribution in [0.25, 0.3) is 0 Å². The molecule has 1 atom stereocenters. The van der Waals surface area contributed by atoms with Crippen LogP contribution < -0.4 is 5.32 Å². The van der Waals surface area contributed by atoms with Crippen molar-refractivity contribution < 1.29 is 0 Å². The zero-order valence-corrected chi connectivity index (χ0v) is 19.2. The highest BCUT2D eigenvalue weighted by Crippen LogP contribution is 2.26. The number of aryl methyl sites for hydroxylation is 1. The molecule has 0 saturated carbocycles. The number of rotatable bonds is 4. The van der Waals surface area contributed by atoms with E-state index >= 15 is 0 Å². The summed E-state index contributed by atoms with van der Waals surface area (Å²) in [6.45, 7) is 6.34. The highest BCUT2D eigenvalue weighted by Gasteiger charge is 2.27. The average molecular weight is 500 g/mol. The van der Waals surface area contributed by atoms with Gasteiger partial charge in [0, 0.05) is 70.4 Å². The van der Waals surface area contributed by atoms with E-state index in [9.17, 15) is 0 Å². The lowest BCUT2D eigenvalue weighted by molar-refractivity contribution is 0.259. The lowest BCUT2D eigenvalue weighted by Gasteiger charge is -2.28. The molecule has 1 N–H and O–H groups in total. The van der Waals surface area contributed by atoms with Crippen LogP contribution in [0.4, 0.5) is 0 Å². The van der Waals surface area contributed by atoms with Gasteiger partial charge < -0.3 is 10.2 Å². The van der Waals surface area contributed by atoms with Gasteiger partial charge in [0.25, 0.3) is 0 Å². The van der Waals surface area contributed by atoms with Crippen molar-refractivity contribution in [2.24, 2.45) is 12.0 Å². The molecule has 8 heteroatoms. The van der Waals surface area contributed by atoms with Crippen molar-refractivity contribution in [1.82, 2.24) is 24.9 Å². The number of guanidine groups is 1. The molecule has 1 saturated heterocycles. The van der Waals surface area contributed by atoms with Gasteiger partial charge in [-0.2, -0.15) is 5.10 Å². The number of halogens is 1. The molecule has 6 nitrogen and oxygen atoms in total. The van der Waals surface area contributed by atoms with E-state index in [1.807, 2.05) is 36.3 Å². The first kappa shape index (κ1) is 20.6. The van der Waals surface area contributed by atoms with Crippen LogP contribution in [0.5, 0.6) is 0 Å². The second-order valence-corrected chi connectivity index (χ2v) is 8.25. The molecule has 0 aromatic carbocycles. The number of thiophene rings is 1. The molecule has 0 spiro atoms. The van der Waals surface area contributed by atoms with Gasteiger partial charge in [-0.25, -0.2) is 0 Å². The van der Waals surface area contributed by atoms with Crippen molar-refractivity contribution in [2.75, 3.05) is 39.8 Å². The minimum Gasteiger partial charge on any atom is -0.355 e. The average Bonchev–Trinajstić information content (AvgIpc) is 3.38. The molecule has 0 radical (unpaired) electrons. The minimum absolute atomic E-state index is 0. The minimum atomic E-state index is 0. The van der Waals surface area contributed by atoms with E-state index in [-0.39, 0.29) is 24.0 Å². The summed E-state index contributed by atoms with van der Waals surface area (Å²) in [7, 11) is 3.87. The van der Waals surface area contributed by atoms with E-state index in [1.54, 1.807) is 4.88 Å². The maximum atomic E-state index is 4.51. The summed E-state index contributed by atoms with van der Waals surface area (Å²) in [5.74, 6) is 1.59. The third kappa shape index (κ3) is 4.83. The fourth-order valence-electron chi connectivity index (χ4n) is 4.03. The van der Waals surface area contributed by atoms with Gasteiger partial charge in [-0.15, -0.1) is 35.3 Å². The quantitative estimate of drug-likeness (QED) is 0.399. The molecule has 2 aliphatic rings. The Bertz CT molecular complexity index is 770. The summed E-state index contributed by atoms with van der Waals surface area (Å²) < 4.78 is 1.89. The largest absolute Gasteiger partial charge is 0.355 e. The van der Waals surface area contributed by atoms with Crippen LogP contribution >= 0.6 is 35.3 Å². The van der Waals surface area contributed by atoms with E-state index in [4.69, 9.17) is 0 Å². The summed E-state index contributed by atoms with van der Waals surface area (Å²) in [6.07, 6.45) is 6.50. The van der Waals surface area contributed by atoms with E-state index in [0.717, 1.165) is 38.7 Å². The first-order valence-corrected chi connectivity index (χ1v) is 10.3. The molecule has 0 bridgehead atoms. The Labute approximate surface area is 182 Å². The van der Waals surface area contributed by atoms with Crippen molar-refractivity contribution in [2.45, 2.75) is 25.3 Å². The third-order valence-electron chi connectivity index (χ3n) is 5.49. The predicted octanol–water partition coefficient (Wildman–Crippen LogP) is 2.52. The Hall–Kier alpha value is -1.13. The Kier molecular flexibility index (Phi) is 7.16. The Morgan fingerprint density at radius 2 is 2.30 bits per heavy atom. The van der Waals surface area contributed by atoms with Gasteiger partial charge in [0.2, 0.25) is 0 Å². The van der Waals surface area contributed by atoms with Crippen molar-refractivity contribution in [1.29, 1.82) is 0 Å². The van der Waals surface area contributed by atoms with Crippen LogP contribution in [-0.4, -0.2) is 65.3 Å². The number of aliphatic imine (C=N–C) groups is 1. The van der Waals surface area contributed by atoms with Crippen molar-refractivity contribution >= 4 is 41.3 Å². The maximum absolute atomic E-state index is 4.51. The zero-order valence-electron chi connectivity index (χ0n) is 16.1. The predicted molar refractivity (Wildman–Crippen MR) is 122 cm³/mol. The van der Waals surface area contributed by atoms with Gasteiger partial charge in [0.05, 0.1) is 6.20 Å². The molecule has 4 heterocycles. The summed E-state index contributed by atoms with van der Waals surface area (Å²) in [5, 5.41) is 10.1. The Balaban J connectivity index is 0.00000210. The lowest BCUT2D eigenvalue weighted by Crippen LogP contribution is -2.43. The lowest BCUT2D eigenvalue weighted by atomic mass is 10.0. The number of hydrogen-bond acceptors (Lipinski definition) is 4. The van der Waals surface area contributed by atoms with Crippen molar-refractivity contribution in [3.8, 4) is 0 Å². The number of aromatic nitrogens is 2. The molecule has 0 amide bonds. The number of likely N-dealkylation sites (tertiary alicyclic amines) is 1. The molecule has 1 unspecified atom stereocenters. The maximum Gasteiger partial charge on any atom is 0.193 e. The SMILES string of the molecule is CN=C(NCCN1CCc2sccc2C1)N1CCC(c2cnn(C)c2)C1.I. The molecule has 1 fully saturated rings. The standard InChI is InChI=1S/C19H28N6S.HI/c1-20-19(25-8-3-15(14-25)17-11-22-23(2)12-17)21-6-9-24-7-4-18-16(13-24)5-10-26-18;/h5,10-12,15H,3-4,6-9,13-14H2,1-2H3,(H,20,21);1H. The van der Waals surface area contributed by atoms with Gasteiger partial charge in [-0.05, 0) is 35.4 Å². The molecule has 0 aliphatic carbocycles. The Morgan fingerprint density at radius 1 is 1.41 bits per heavy atom. The second kappa shape index (κ2) is 9.38. The fraction of sp³-hybridized carbons (Fsp3) is 0.579. The summed E-state index contributed by atoms with van der Waals surface area (Å²) in [6, 6.07) is 2.28. The first-order chi connectivity index (χ1) is 12.7. The van der Waals surface area contributed by atoms with Gasteiger partial charge in [0.15, 0.2) is 5.96 Å². The van der Waals surface area contributed by atoms with E-state index < -0.39 is 0 Å². The van der Waals surface area contributed by atoms with Gasteiger partial charge in [-0.3, -0.25) is 14.6 Å². The number of fused-ring (bicyclic) bond motifs is 1. The topological polar surface area (TPSA) is 48.7 Å². The van der Waals surface area contributed by atoms with Crippen LogP contribution in [-0.2, 0) is 20.0 Å². The van der Waals surface area contributed by atoms with Gasteiger partial charge in [-0.1, -0.05) is 0 Å². The highest BCUT2D eigenvalue weighted by molar-refractivity contribution is 14.0. The van der Waals surface area contributed by atoms with E-state index in [1.165, 1.54) is 30.5 Å². The molecule has 4 rings (SSSR count). The monoisotopic (exact) mass is 500 g/mol. The van der Waals surface area contributed by atoms with Crippen LogP contribution in [0.2, 0.25) is 0 Å². The molecule has 27 heavy (non-hydrogen) atoms. The Morgan fingerprint density at radius 3 is 3.07 bits per heavy atom. The molecule has 2 aromatic rings. The van der Waals surface area contributed by atoms with Crippen LogP contribution in [0.1, 0.15) is 28.3 Å². The van der Waals surface area contributed by atoms with E-state index in [0.29, 0.717) is 5.92 Å². The third-order valence-corrected chi connectivity index (χ3v) is 6.52. The number of hydrogen-bond donors (Lipinski definition) is 1. The van der Waals surface area contributed by atoms with Crippen LogP contribution in [0.15, 0.2) is 28.8 Å². The van der Waals surface area contributed by atoms with Crippen LogP contribution in [0.3, 0.4) is 0 Å². The zero-order chi connectivity index (χ0) is 17.9. The first-order valence-electron chi connectivity index (χ1n) is 9.44. The smallest absolute Gasteiger partial charge is 0.193 e. The number of nitrogens with zero attached hydrogens (tertiary/aromatic N) is 5. The number of nitrogens with one attached hydrogen (secondary N) is 1. The van der Waals surface area contributed by atoms with Crippen molar-refractivity contribution in [3.05, 3.63) is 39.8 Å². The van der Waals surface area contributed by atoms with Crippen molar-refractivity contribution in [3.63, 3.8) is 0 Å². The van der Waals surface area contributed by atoms with Gasteiger partial charge in [0.1, 0.15) is 0 Å². The molecule has 2 aromatic heterocycles. The van der Waals surface area contributed by atoms with Gasteiger partial charge >= 0.3 is 0 Å². The van der Waals surface area contributed by atoms with Crippen LogP contribution in [0, 0.1) is 0 Å². The molecular weight excluding hydrogens is 471 g/mol. The molecular formula is C19H29IN6S. The summed E-state index contributed by atoms with van der Waals surface area (Å²) in [4.78, 5) is 11.0. The molecule has 148 valence electrons. The summed E-state index contributed by atoms with van der Waals surface area (Å²) in [5.41, 5.74) is 2.86. The molecule has 2 aliphatic heterocycles. The van der Waals surface area contributed by atoms with E-state index in [2.05, 4.69) is 42.9 Å². The second-order valence-electron chi connectivity index (χ2n) is 7.25. The summed E-state index contributed by atoms with van der Waals surface area (Å²) >= 11 is 1.90. The normalized spacial score (nSPS) is 20.4. The highest BCUT2D eigenvalue weighted by atomic mass is 127.